The molecule has 0 bridgehead atoms. The molecule has 0 amide bonds. The van der Waals surface area contributed by atoms with Gasteiger partial charge < -0.3 is 9.47 Å². The second-order valence-electron chi connectivity index (χ2n) is 6.24. The standard InChI is InChI=1S/C22H20O4/c1-4-21(23)26-20-13-12-18-17(6-5-7-19(18)20)15-8-10-16(11-9-15)25-22(24)14(2)3/h4-11,20H,1-2,12-13H2,3H3. The highest BCUT2D eigenvalue weighted by atomic mass is 16.5. The number of hydrogen-bond acceptors (Lipinski definition) is 4. The lowest BCUT2D eigenvalue weighted by Gasteiger charge is -2.13. The lowest BCUT2D eigenvalue weighted by atomic mass is 9.96. The van der Waals surface area contributed by atoms with Crippen LogP contribution < -0.4 is 4.74 Å². The van der Waals surface area contributed by atoms with E-state index in [2.05, 4.69) is 13.2 Å². The summed E-state index contributed by atoms with van der Waals surface area (Å²) in [5.74, 6) is -0.366. The Hall–Kier alpha value is -3.14. The van der Waals surface area contributed by atoms with Gasteiger partial charge in [0.05, 0.1) is 0 Å². The molecular weight excluding hydrogens is 328 g/mol. The molecule has 2 aromatic rings. The maximum absolute atomic E-state index is 11.6. The molecule has 1 aliphatic rings. The molecule has 0 heterocycles. The minimum absolute atomic E-state index is 0.230. The van der Waals surface area contributed by atoms with Crippen LogP contribution in [0.2, 0.25) is 0 Å². The molecule has 0 aromatic heterocycles. The number of esters is 2. The van der Waals surface area contributed by atoms with Crippen molar-refractivity contribution in [2.75, 3.05) is 0 Å². The molecular formula is C22H20O4. The zero-order chi connectivity index (χ0) is 18.7. The molecule has 0 N–H and O–H groups in total. The molecule has 3 rings (SSSR count). The molecule has 0 spiro atoms. The lowest BCUT2D eigenvalue weighted by Crippen LogP contribution is -2.07. The zero-order valence-corrected chi connectivity index (χ0v) is 14.7. The first kappa shape index (κ1) is 17.7. The fourth-order valence-electron chi connectivity index (χ4n) is 3.09. The number of carbonyl (C=O) groups is 2. The van der Waals surface area contributed by atoms with Gasteiger partial charge in [-0.1, -0.05) is 43.5 Å². The van der Waals surface area contributed by atoms with Crippen molar-refractivity contribution in [1.82, 2.24) is 0 Å². The molecule has 2 aromatic carbocycles. The van der Waals surface area contributed by atoms with Crippen LogP contribution in [0.25, 0.3) is 11.1 Å². The van der Waals surface area contributed by atoms with Crippen molar-refractivity contribution in [3.8, 4) is 16.9 Å². The topological polar surface area (TPSA) is 52.6 Å². The van der Waals surface area contributed by atoms with E-state index in [1.807, 2.05) is 30.3 Å². The van der Waals surface area contributed by atoms with Gasteiger partial charge in [0.1, 0.15) is 11.9 Å². The molecule has 0 fully saturated rings. The normalized spacial score (nSPS) is 15.0. The van der Waals surface area contributed by atoms with E-state index in [9.17, 15) is 9.59 Å². The number of hydrogen-bond donors (Lipinski definition) is 0. The fraction of sp³-hybridized carbons (Fsp3) is 0.182. The molecule has 1 aliphatic carbocycles. The number of carbonyl (C=O) groups excluding carboxylic acids is 2. The van der Waals surface area contributed by atoms with Crippen molar-refractivity contribution in [2.45, 2.75) is 25.9 Å². The predicted molar refractivity (Wildman–Crippen MR) is 99.7 cm³/mol. The number of rotatable bonds is 5. The summed E-state index contributed by atoms with van der Waals surface area (Å²) in [4.78, 5) is 23.1. The highest BCUT2D eigenvalue weighted by Gasteiger charge is 2.27. The first-order valence-corrected chi connectivity index (χ1v) is 8.42. The van der Waals surface area contributed by atoms with E-state index in [1.165, 1.54) is 11.6 Å². The molecule has 26 heavy (non-hydrogen) atoms. The van der Waals surface area contributed by atoms with Crippen molar-refractivity contribution in [1.29, 1.82) is 0 Å². The van der Waals surface area contributed by atoms with E-state index < -0.39 is 11.9 Å². The maximum atomic E-state index is 11.6. The van der Waals surface area contributed by atoms with Crippen LogP contribution in [0, 0.1) is 0 Å². The Morgan fingerprint density at radius 2 is 1.88 bits per heavy atom. The van der Waals surface area contributed by atoms with E-state index in [0.29, 0.717) is 11.3 Å². The monoisotopic (exact) mass is 348 g/mol. The van der Waals surface area contributed by atoms with Gasteiger partial charge in [0.2, 0.25) is 0 Å². The third-order valence-corrected chi connectivity index (χ3v) is 4.37. The van der Waals surface area contributed by atoms with Crippen LogP contribution >= 0.6 is 0 Å². The average molecular weight is 348 g/mol. The molecule has 4 heteroatoms. The minimum Gasteiger partial charge on any atom is -0.454 e. The predicted octanol–water partition coefficient (Wildman–Crippen LogP) is 4.55. The molecule has 0 saturated carbocycles. The highest BCUT2D eigenvalue weighted by Crippen LogP contribution is 2.39. The quantitative estimate of drug-likeness (QED) is 0.452. The summed E-state index contributed by atoms with van der Waals surface area (Å²) in [7, 11) is 0. The van der Waals surface area contributed by atoms with Crippen LogP contribution in [0.3, 0.4) is 0 Å². The van der Waals surface area contributed by atoms with E-state index in [0.717, 1.165) is 29.5 Å². The molecule has 0 radical (unpaired) electrons. The average Bonchev–Trinajstić information content (AvgIpc) is 3.05. The molecule has 132 valence electrons. The third-order valence-electron chi connectivity index (χ3n) is 4.37. The van der Waals surface area contributed by atoms with E-state index >= 15 is 0 Å². The second kappa shape index (κ2) is 7.40. The van der Waals surface area contributed by atoms with Crippen LogP contribution in [0.15, 0.2) is 67.3 Å². The third kappa shape index (κ3) is 3.59. The van der Waals surface area contributed by atoms with E-state index in [4.69, 9.17) is 9.47 Å². The smallest absolute Gasteiger partial charge is 0.338 e. The van der Waals surface area contributed by atoms with Gasteiger partial charge in [0.25, 0.3) is 0 Å². The second-order valence-corrected chi connectivity index (χ2v) is 6.24. The Labute approximate surface area is 152 Å². The van der Waals surface area contributed by atoms with Gasteiger partial charge in [-0.2, -0.15) is 0 Å². The Bertz CT molecular complexity index is 878. The molecule has 0 aliphatic heterocycles. The zero-order valence-electron chi connectivity index (χ0n) is 14.7. The van der Waals surface area contributed by atoms with Crippen molar-refractivity contribution in [2.24, 2.45) is 0 Å². The van der Waals surface area contributed by atoms with Crippen molar-refractivity contribution >= 4 is 11.9 Å². The summed E-state index contributed by atoms with van der Waals surface area (Å²) in [5.41, 5.74) is 4.69. The summed E-state index contributed by atoms with van der Waals surface area (Å²) < 4.78 is 10.7. The number of ether oxygens (including phenoxy) is 2. The Kier molecular flexibility index (Phi) is 5.03. The number of benzene rings is 2. The Morgan fingerprint density at radius 1 is 1.15 bits per heavy atom. The van der Waals surface area contributed by atoms with Gasteiger partial charge in [-0.05, 0) is 54.2 Å². The molecule has 1 unspecified atom stereocenters. The molecule has 0 saturated heterocycles. The SMILES string of the molecule is C=CC(=O)OC1CCc2c(-c3ccc(OC(=O)C(=C)C)cc3)cccc21. The summed E-state index contributed by atoms with van der Waals surface area (Å²) in [6, 6.07) is 13.4. The van der Waals surface area contributed by atoms with Gasteiger partial charge in [-0.25, -0.2) is 9.59 Å². The lowest BCUT2D eigenvalue weighted by molar-refractivity contribution is -0.143. The van der Waals surface area contributed by atoms with Crippen LogP contribution in [-0.2, 0) is 20.7 Å². The summed E-state index contributed by atoms with van der Waals surface area (Å²) in [6.07, 6.45) is 2.56. The van der Waals surface area contributed by atoms with Crippen LogP contribution in [0.5, 0.6) is 5.75 Å². The van der Waals surface area contributed by atoms with Crippen LogP contribution in [0.1, 0.15) is 30.6 Å². The number of fused-ring (bicyclic) bond motifs is 1. The Morgan fingerprint density at radius 3 is 2.54 bits per heavy atom. The van der Waals surface area contributed by atoms with E-state index in [1.54, 1.807) is 19.1 Å². The van der Waals surface area contributed by atoms with E-state index in [-0.39, 0.29) is 6.10 Å². The van der Waals surface area contributed by atoms with Gasteiger partial charge in [-0.3, -0.25) is 0 Å². The summed E-state index contributed by atoms with van der Waals surface area (Å²) in [5, 5.41) is 0. The largest absolute Gasteiger partial charge is 0.454 e. The van der Waals surface area contributed by atoms with Gasteiger partial charge in [-0.15, -0.1) is 0 Å². The van der Waals surface area contributed by atoms with Gasteiger partial charge >= 0.3 is 11.9 Å². The summed E-state index contributed by atoms with van der Waals surface area (Å²) in [6.45, 7) is 8.63. The maximum Gasteiger partial charge on any atom is 0.338 e. The van der Waals surface area contributed by atoms with Crippen LogP contribution in [-0.4, -0.2) is 11.9 Å². The molecule has 1 atom stereocenters. The van der Waals surface area contributed by atoms with Crippen molar-refractivity contribution in [3.63, 3.8) is 0 Å². The molecule has 4 nitrogen and oxygen atoms in total. The highest BCUT2D eigenvalue weighted by molar-refractivity contribution is 5.88. The van der Waals surface area contributed by atoms with Crippen molar-refractivity contribution in [3.05, 3.63) is 78.4 Å². The first-order chi connectivity index (χ1) is 12.5. The Balaban J connectivity index is 1.85. The summed E-state index contributed by atoms with van der Waals surface area (Å²) >= 11 is 0. The minimum atomic E-state index is -0.440. The van der Waals surface area contributed by atoms with Crippen molar-refractivity contribution < 1.29 is 19.1 Å². The van der Waals surface area contributed by atoms with Crippen LogP contribution in [0.4, 0.5) is 0 Å². The van der Waals surface area contributed by atoms with Gasteiger partial charge in [0.15, 0.2) is 0 Å². The van der Waals surface area contributed by atoms with Gasteiger partial charge in [0, 0.05) is 11.6 Å². The fourth-order valence-corrected chi connectivity index (χ4v) is 3.09. The first-order valence-electron chi connectivity index (χ1n) is 8.42.